The summed E-state index contributed by atoms with van der Waals surface area (Å²) in [5.41, 5.74) is 5.40. The molecule has 1 aromatic rings. The van der Waals surface area contributed by atoms with Crippen molar-refractivity contribution in [3.8, 4) is 0 Å². The number of hydrogen-bond donors (Lipinski definition) is 3. The fourth-order valence-corrected chi connectivity index (χ4v) is 8.31. The molecular formula is C26H38N9O6S+. The smallest absolute Gasteiger partial charge is 0.353 e. The second-order valence-electron chi connectivity index (χ2n) is 12.2. The molecule has 3 amide bonds. The van der Waals surface area contributed by atoms with Gasteiger partial charge in [0, 0.05) is 29.0 Å². The van der Waals surface area contributed by atoms with Crippen LogP contribution in [0, 0.1) is 17.8 Å². The predicted octanol–water partition coefficient (Wildman–Crippen LogP) is -1.72. The van der Waals surface area contributed by atoms with Crippen LogP contribution in [0.2, 0.25) is 0 Å². The number of carbonyl (C=O) groups is 5. The van der Waals surface area contributed by atoms with E-state index in [1.54, 1.807) is 0 Å². The lowest BCUT2D eigenvalue weighted by Gasteiger charge is -2.47. The third-order valence-electron chi connectivity index (χ3n) is 9.03. The van der Waals surface area contributed by atoms with Gasteiger partial charge in [0.2, 0.25) is 11.8 Å². The number of aromatic nitrogens is 4. The SMILES string of the molecule is C[C@@H](CC(=O)Cn1cnnn1)[C@H]1C(=O)N2C(C(=O)O)=C(S[C@@H]3CN[C@H](C(=O)N4CC[N+](C)(CC(N)=O)CC4)C3)[C@H](C)[C@H]12. The lowest BCUT2D eigenvalue weighted by atomic mass is 9.73. The summed E-state index contributed by atoms with van der Waals surface area (Å²) in [5.74, 6) is -2.81. The van der Waals surface area contributed by atoms with Gasteiger partial charge in [-0.05, 0) is 22.8 Å². The Bertz CT molecular complexity index is 1290. The van der Waals surface area contributed by atoms with Crippen molar-refractivity contribution >= 4 is 41.2 Å². The number of thioether (sulfide) groups is 1. The van der Waals surface area contributed by atoms with Gasteiger partial charge in [0.25, 0.3) is 5.91 Å². The van der Waals surface area contributed by atoms with Crippen LogP contribution in [-0.4, -0.2) is 133 Å². The van der Waals surface area contributed by atoms with Crippen LogP contribution < -0.4 is 11.1 Å². The number of piperazine rings is 1. The van der Waals surface area contributed by atoms with E-state index >= 15 is 0 Å². The van der Waals surface area contributed by atoms with E-state index in [-0.39, 0.29) is 77.9 Å². The Morgan fingerprint density at radius 3 is 2.60 bits per heavy atom. The van der Waals surface area contributed by atoms with Crippen LogP contribution in [0.3, 0.4) is 0 Å². The molecule has 0 saturated carbocycles. The molecule has 0 radical (unpaired) electrons. The number of carboxylic acid groups (broad SMARTS) is 1. The molecule has 0 bridgehead atoms. The summed E-state index contributed by atoms with van der Waals surface area (Å²) in [4.78, 5) is 66.7. The number of ketones is 1. The third kappa shape index (κ3) is 5.79. The van der Waals surface area contributed by atoms with Crippen LogP contribution in [-0.2, 0) is 30.5 Å². The number of likely N-dealkylation sites (N-methyl/N-ethyl adjacent to an activating group) is 1. The largest absolute Gasteiger partial charge is 0.477 e. The summed E-state index contributed by atoms with van der Waals surface area (Å²) >= 11 is 1.44. The van der Waals surface area contributed by atoms with Crippen molar-refractivity contribution in [3.05, 3.63) is 16.9 Å². The first kappa shape index (κ1) is 30.1. The van der Waals surface area contributed by atoms with Crippen molar-refractivity contribution in [1.29, 1.82) is 0 Å². The highest BCUT2D eigenvalue weighted by Gasteiger charge is 2.60. The van der Waals surface area contributed by atoms with E-state index in [9.17, 15) is 29.1 Å². The molecule has 4 N–H and O–H groups in total. The van der Waals surface area contributed by atoms with Gasteiger partial charge < -0.3 is 30.4 Å². The van der Waals surface area contributed by atoms with Crippen LogP contribution in [0.15, 0.2) is 16.9 Å². The number of tetrazole rings is 1. The van der Waals surface area contributed by atoms with Crippen molar-refractivity contribution in [2.45, 2.75) is 50.6 Å². The van der Waals surface area contributed by atoms with E-state index in [1.807, 2.05) is 25.8 Å². The van der Waals surface area contributed by atoms with Gasteiger partial charge >= 0.3 is 5.97 Å². The number of primary amides is 1. The highest BCUT2D eigenvalue weighted by atomic mass is 32.2. The van der Waals surface area contributed by atoms with Gasteiger partial charge in [-0.2, -0.15) is 0 Å². The highest BCUT2D eigenvalue weighted by Crippen LogP contribution is 2.53. The van der Waals surface area contributed by atoms with Crippen molar-refractivity contribution in [1.82, 2.24) is 35.3 Å². The molecule has 0 aliphatic carbocycles. The van der Waals surface area contributed by atoms with Gasteiger partial charge in [-0.15, -0.1) is 16.9 Å². The Balaban J connectivity index is 1.19. The van der Waals surface area contributed by atoms with Crippen molar-refractivity contribution in [2.75, 3.05) is 46.3 Å². The molecule has 0 unspecified atom stereocenters. The minimum atomic E-state index is -1.15. The van der Waals surface area contributed by atoms with Gasteiger partial charge in [-0.1, -0.05) is 13.8 Å². The average Bonchev–Trinajstić information content (AvgIpc) is 3.64. The Hall–Kier alpha value is -3.37. The summed E-state index contributed by atoms with van der Waals surface area (Å²) in [5, 5.41) is 24.1. The number of nitrogens with zero attached hydrogens (tertiary/aromatic N) is 7. The number of amides is 3. The Labute approximate surface area is 247 Å². The van der Waals surface area contributed by atoms with Gasteiger partial charge in [-0.25, -0.2) is 9.48 Å². The summed E-state index contributed by atoms with van der Waals surface area (Å²) in [6.07, 6.45) is 2.06. The number of β-lactam (4-membered cyclic amide) rings is 1. The van der Waals surface area contributed by atoms with Crippen LogP contribution >= 0.6 is 11.8 Å². The fourth-order valence-electron chi connectivity index (χ4n) is 6.83. The predicted molar refractivity (Wildman–Crippen MR) is 149 cm³/mol. The van der Waals surface area contributed by atoms with E-state index in [4.69, 9.17) is 5.73 Å². The lowest BCUT2D eigenvalue weighted by Crippen LogP contribution is -2.62. The van der Waals surface area contributed by atoms with E-state index in [0.717, 1.165) is 0 Å². The first-order valence-electron chi connectivity index (χ1n) is 14.2. The maximum Gasteiger partial charge on any atom is 0.353 e. The number of fused-ring (bicyclic) bond motifs is 1. The van der Waals surface area contributed by atoms with E-state index in [1.165, 1.54) is 27.7 Å². The fraction of sp³-hybridized carbons (Fsp3) is 0.692. The van der Waals surface area contributed by atoms with Crippen LogP contribution in [0.4, 0.5) is 0 Å². The normalized spacial score (nSPS) is 29.3. The molecule has 228 valence electrons. The number of hydrogen-bond acceptors (Lipinski definition) is 10. The Morgan fingerprint density at radius 2 is 1.98 bits per heavy atom. The van der Waals surface area contributed by atoms with E-state index in [2.05, 4.69) is 20.8 Å². The molecule has 16 heteroatoms. The molecule has 0 aromatic carbocycles. The van der Waals surface area contributed by atoms with E-state index < -0.39 is 11.9 Å². The number of rotatable bonds is 11. The number of carbonyl (C=O) groups excluding carboxylic acids is 4. The molecule has 6 atom stereocenters. The van der Waals surface area contributed by atoms with Crippen molar-refractivity contribution < 1.29 is 33.6 Å². The van der Waals surface area contributed by atoms with Crippen LogP contribution in [0.25, 0.3) is 0 Å². The Kier molecular flexibility index (Phi) is 8.40. The number of aliphatic carboxylic acids is 1. The maximum absolute atomic E-state index is 13.3. The Morgan fingerprint density at radius 1 is 1.26 bits per heavy atom. The topological polar surface area (TPSA) is 194 Å². The van der Waals surface area contributed by atoms with Gasteiger partial charge in [0.05, 0.1) is 51.2 Å². The van der Waals surface area contributed by atoms with Gasteiger partial charge in [-0.3, -0.25) is 19.2 Å². The molecule has 3 fully saturated rings. The summed E-state index contributed by atoms with van der Waals surface area (Å²) in [6, 6.07) is -0.700. The lowest BCUT2D eigenvalue weighted by molar-refractivity contribution is -0.905. The molecular weight excluding hydrogens is 566 g/mol. The summed E-state index contributed by atoms with van der Waals surface area (Å²) < 4.78 is 1.85. The van der Waals surface area contributed by atoms with Crippen LogP contribution in [0.5, 0.6) is 0 Å². The standard InChI is InChI=1S/C26H37N9O6S/c1-14(8-16(36)11-33-13-29-30-31-33)20-21-15(2)23(22(26(40)41)34(21)25(20)39)42-17-9-18(28-10-17)24(38)32-4-6-35(3,7-5-32)12-19(27)37/h13-15,17-18,20-21,28H,4-12H2,1-3H3,(H2-,27,37,40,41)/p+1/t14-,15+,17-,18-,20+,21+/m0/s1. The van der Waals surface area contributed by atoms with Crippen molar-refractivity contribution in [2.24, 2.45) is 23.5 Å². The van der Waals surface area contributed by atoms with E-state index in [0.29, 0.717) is 48.5 Å². The number of quaternary nitrogens is 1. The van der Waals surface area contributed by atoms with Gasteiger partial charge in [0.15, 0.2) is 12.3 Å². The monoisotopic (exact) mass is 604 g/mol. The molecule has 3 saturated heterocycles. The molecule has 5 rings (SSSR count). The first-order valence-corrected chi connectivity index (χ1v) is 15.1. The zero-order valence-corrected chi connectivity index (χ0v) is 24.8. The quantitative estimate of drug-likeness (QED) is 0.192. The average molecular weight is 605 g/mol. The van der Waals surface area contributed by atoms with Gasteiger partial charge in [0.1, 0.15) is 18.6 Å². The molecule has 4 aliphatic rings. The highest BCUT2D eigenvalue weighted by molar-refractivity contribution is 8.03. The minimum Gasteiger partial charge on any atom is -0.477 e. The number of Topliss-reactive ketones (excluding diaryl/α,β-unsaturated/α-hetero) is 1. The molecule has 0 spiro atoms. The maximum atomic E-state index is 13.3. The number of nitrogens with two attached hydrogens (primary N) is 1. The molecule has 42 heavy (non-hydrogen) atoms. The molecule has 4 aliphatic heterocycles. The van der Waals surface area contributed by atoms with Crippen molar-refractivity contribution in [3.63, 3.8) is 0 Å². The summed E-state index contributed by atoms with van der Waals surface area (Å²) in [6.45, 7) is 6.98. The second kappa shape index (κ2) is 11.7. The first-order chi connectivity index (χ1) is 19.9. The second-order valence-corrected chi connectivity index (χ2v) is 13.6. The molecule has 1 aromatic heterocycles. The molecule has 5 heterocycles. The summed E-state index contributed by atoms with van der Waals surface area (Å²) in [7, 11) is 1.97. The number of nitrogens with one attached hydrogen (secondary N) is 1. The number of carboxylic acids is 1. The minimum absolute atomic E-state index is 0.00885. The molecule has 15 nitrogen and oxygen atoms in total. The zero-order chi connectivity index (χ0) is 30.3. The van der Waals surface area contributed by atoms with Crippen LogP contribution in [0.1, 0.15) is 26.7 Å². The zero-order valence-electron chi connectivity index (χ0n) is 24.0. The third-order valence-corrected chi connectivity index (χ3v) is 10.5.